The third-order valence-electron chi connectivity index (χ3n) is 3.21. The van der Waals surface area contributed by atoms with Crippen molar-refractivity contribution >= 4 is 23.4 Å². The second-order valence-corrected chi connectivity index (χ2v) is 6.30. The highest BCUT2D eigenvalue weighted by Gasteiger charge is 2.07. The monoisotopic (exact) mass is 336 g/mol. The standard InChI is InChI=1S/C18H16N4OS/c1-12-10-13(2)21-18(20-12)24-16-7-5-15(6-8-16)22-17(23)14-4-3-9-19-11-14/h3-11H,1-2H3,(H,22,23). The Bertz CT molecular complexity index is 830. The first-order valence-corrected chi connectivity index (χ1v) is 8.23. The Morgan fingerprint density at radius 3 is 2.38 bits per heavy atom. The summed E-state index contributed by atoms with van der Waals surface area (Å²) in [5.41, 5.74) is 3.16. The fourth-order valence-electron chi connectivity index (χ4n) is 2.15. The Morgan fingerprint density at radius 2 is 1.75 bits per heavy atom. The minimum atomic E-state index is -0.179. The van der Waals surface area contributed by atoms with Gasteiger partial charge in [-0.1, -0.05) is 0 Å². The molecule has 0 bridgehead atoms. The lowest BCUT2D eigenvalue weighted by molar-refractivity contribution is 0.102. The fraction of sp³-hybridized carbons (Fsp3) is 0.111. The number of amides is 1. The van der Waals surface area contributed by atoms with E-state index in [-0.39, 0.29) is 5.91 Å². The normalized spacial score (nSPS) is 10.4. The fourth-order valence-corrected chi connectivity index (χ4v) is 3.01. The molecule has 120 valence electrons. The van der Waals surface area contributed by atoms with Crippen LogP contribution in [0.1, 0.15) is 21.7 Å². The summed E-state index contributed by atoms with van der Waals surface area (Å²) in [4.78, 5) is 25.9. The second-order valence-electron chi connectivity index (χ2n) is 5.26. The summed E-state index contributed by atoms with van der Waals surface area (Å²) in [6.07, 6.45) is 3.18. The van der Waals surface area contributed by atoms with Crippen molar-refractivity contribution in [2.75, 3.05) is 5.32 Å². The molecule has 0 unspecified atom stereocenters. The summed E-state index contributed by atoms with van der Waals surface area (Å²) in [7, 11) is 0. The van der Waals surface area contributed by atoms with Gasteiger partial charge in [0.05, 0.1) is 5.56 Å². The smallest absolute Gasteiger partial charge is 0.257 e. The van der Waals surface area contributed by atoms with Gasteiger partial charge in [-0.15, -0.1) is 0 Å². The van der Waals surface area contributed by atoms with Crippen LogP contribution in [0.5, 0.6) is 0 Å². The maximum atomic E-state index is 12.1. The Labute approximate surface area is 144 Å². The van der Waals surface area contributed by atoms with Gasteiger partial charge in [-0.3, -0.25) is 9.78 Å². The molecule has 0 radical (unpaired) electrons. The zero-order valence-electron chi connectivity index (χ0n) is 13.4. The number of hydrogen-bond acceptors (Lipinski definition) is 5. The van der Waals surface area contributed by atoms with Crippen LogP contribution in [0.4, 0.5) is 5.69 Å². The molecular weight excluding hydrogens is 320 g/mol. The summed E-state index contributed by atoms with van der Waals surface area (Å²) < 4.78 is 0. The average Bonchev–Trinajstić information content (AvgIpc) is 2.56. The van der Waals surface area contributed by atoms with Crippen molar-refractivity contribution in [2.45, 2.75) is 23.9 Å². The van der Waals surface area contributed by atoms with Gasteiger partial charge in [-0.2, -0.15) is 0 Å². The van der Waals surface area contributed by atoms with Gasteiger partial charge in [0.15, 0.2) is 5.16 Å². The lowest BCUT2D eigenvalue weighted by Crippen LogP contribution is -2.11. The van der Waals surface area contributed by atoms with E-state index >= 15 is 0 Å². The van der Waals surface area contributed by atoms with E-state index in [0.717, 1.165) is 27.1 Å². The van der Waals surface area contributed by atoms with Gasteiger partial charge in [0.2, 0.25) is 0 Å². The summed E-state index contributed by atoms with van der Waals surface area (Å²) >= 11 is 1.49. The highest BCUT2D eigenvalue weighted by Crippen LogP contribution is 2.26. The number of aromatic nitrogens is 3. The van der Waals surface area contributed by atoms with E-state index in [0.29, 0.717) is 5.56 Å². The summed E-state index contributed by atoms with van der Waals surface area (Å²) in [5, 5.41) is 3.57. The molecular formula is C18H16N4OS. The number of nitrogens with zero attached hydrogens (tertiary/aromatic N) is 3. The van der Waals surface area contributed by atoms with Crippen LogP contribution in [0.3, 0.4) is 0 Å². The molecule has 6 heteroatoms. The number of anilines is 1. The molecule has 1 aromatic carbocycles. The summed E-state index contributed by atoms with van der Waals surface area (Å²) in [5.74, 6) is -0.179. The molecule has 0 aliphatic heterocycles. The first kappa shape index (κ1) is 16.1. The van der Waals surface area contributed by atoms with Crippen molar-refractivity contribution in [1.29, 1.82) is 0 Å². The van der Waals surface area contributed by atoms with Gasteiger partial charge < -0.3 is 5.32 Å². The van der Waals surface area contributed by atoms with Crippen molar-refractivity contribution < 1.29 is 4.79 Å². The first-order valence-electron chi connectivity index (χ1n) is 7.42. The molecule has 2 aromatic heterocycles. The largest absolute Gasteiger partial charge is 0.322 e. The molecule has 0 aliphatic rings. The number of benzene rings is 1. The molecule has 0 saturated heterocycles. The van der Waals surface area contributed by atoms with Crippen LogP contribution >= 0.6 is 11.8 Å². The van der Waals surface area contributed by atoms with E-state index in [1.807, 2.05) is 44.2 Å². The van der Waals surface area contributed by atoms with E-state index in [4.69, 9.17) is 0 Å². The molecule has 24 heavy (non-hydrogen) atoms. The lowest BCUT2D eigenvalue weighted by Gasteiger charge is -2.06. The van der Waals surface area contributed by atoms with Crippen LogP contribution in [-0.4, -0.2) is 20.9 Å². The van der Waals surface area contributed by atoms with Crippen LogP contribution in [0.25, 0.3) is 0 Å². The Balaban J connectivity index is 1.68. The number of nitrogens with one attached hydrogen (secondary N) is 1. The molecule has 0 atom stereocenters. The Morgan fingerprint density at radius 1 is 1.04 bits per heavy atom. The number of hydrogen-bond donors (Lipinski definition) is 1. The average molecular weight is 336 g/mol. The predicted molar refractivity (Wildman–Crippen MR) is 94.3 cm³/mol. The maximum Gasteiger partial charge on any atom is 0.257 e. The van der Waals surface area contributed by atoms with Crippen LogP contribution in [-0.2, 0) is 0 Å². The van der Waals surface area contributed by atoms with E-state index < -0.39 is 0 Å². The van der Waals surface area contributed by atoms with E-state index in [1.54, 1.807) is 18.3 Å². The number of aryl methyl sites for hydroxylation is 2. The first-order chi connectivity index (χ1) is 11.6. The van der Waals surface area contributed by atoms with Gasteiger partial charge >= 0.3 is 0 Å². The predicted octanol–water partition coefficient (Wildman–Crippen LogP) is 3.89. The molecule has 0 fully saturated rings. The quantitative estimate of drug-likeness (QED) is 0.732. The number of carbonyl (C=O) groups is 1. The SMILES string of the molecule is Cc1cc(C)nc(Sc2ccc(NC(=O)c3cccnc3)cc2)n1. The van der Waals surface area contributed by atoms with Crippen molar-refractivity contribution in [3.05, 3.63) is 71.8 Å². The molecule has 0 aliphatic carbocycles. The van der Waals surface area contributed by atoms with Crippen LogP contribution in [0.15, 0.2) is 64.9 Å². The Hall–Kier alpha value is -2.73. The van der Waals surface area contributed by atoms with Crippen LogP contribution in [0.2, 0.25) is 0 Å². The third-order valence-corrected chi connectivity index (χ3v) is 4.08. The lowest BCUT2D eigenvalue weighted by atomic mass is 10.2. The Kier molecular flexibility index (Phi) is 4.86. The summed E-state index contributed by atoms with van der Waals surface area (Å²) in [6, 6.07) is 13.0. The minimum absolute atomic E-state index is 0.179. The van der Waals surface area contributed by atoms with E-state index in [2.05, 4.69) is 20.3 Å². The molecule has 0 saturated carbocycles. The zero-order valence-corrected chi connectivity index (χ0v) is 14.2. The molecule has 0 spiro atoms. The summed E-state index contributed by atoms with van der Waals surface area (Å²) in [6.45, 7) is 3.91. The van der Waals surface area contributed by atoms with Crippen LogP contribution in [0, 0.1) is 13.8 Å². The molecule has 2 heterocycles. The van der Waals surface area contributed by atoms with Gasteiger partial charge in [0.1, 0.15) is 0 Å². The molecule has 5 nitrogen and oxygen atoms in total. The molecule has 3 aromatic rings. The van der Waals surface area contributed by atoms with E-state index in [1.165, 1.54) is 18.0 Å². The van der Waals surface area contributed by atoms with Crippen molar-refractivity contribution in [1.82, 2.24) is 15.0 Å². The molecule has 1 amide bonds. The van der Waals surface area contributed by atoms with Gasteiger partial charge in [-0.25, -0.2) is 9.97 Å². The maximum absolute atomic E-state index is 12.1. The highest BCUT2D eigenvalue weighted by molar-refractivity contribution is 7.99. The van der Waals surface area contributed by atoms with Crippen molar-refractivity contribution in [3.8, 4) is 0 Å². The second kappa shape index (κ2) is 7.23. The molecule has 1 N–H and O–H groups in total. The van der Waals surface area contributed by atoms with Crippen LogP contribution < -0.4 is 5.32 Å². The topological polar surface area (TPSA) is 67.8 Å². The number of carbonyl (C=O) groups excluding carboxylic acids is 1. The third kappa shape index (κ3) is 4.17. The minimum Gasteiger partial charge on any atom is -0.322 e. The van der Waals surface area contributed by atoms with Gasteiger partial charge in [0, 0.05) is 34.4 Å². The van der Waals surface area contributed by atoms with E-state index in [9.17, 15) is 4.79 Å². The van der Waals surface area contributed by atoms with Gasteiger partial charge in [0.25, 0.3) is 5.91 Å². The van der Waals surface area contributed by atoms with Crippen molar-refractivity contribution in [2.24, 2.45) is 0 Å². The van der Waals surface area contributed by atoms with Crippen molar-refractivity contribution in [3.63, 3.8) is 0 Å². The number of rotatable bonds is 4. The van der Waals surface area contributed by atoms with Gasteiger partial charge in [-0.05, 0) is 68.1 Å². The number of pyridine rings is 1. The highest BCUT2D eigenvalue weighted by atomic mass is 32.2. The molecule has 3 rings (SSSR count). The zero-order chi connectivity index (χ0) is 16.9.